The molecule has 1 aromatic heterocycles. The number of nitrogens with zero attached hydrogens (tertiary/aromatic N) is 3. The van der Waals surface area contributed by atoms with Gasteiger partial charge in [-0.15, -0.1) is 0 Å². The van der Waals surface area contributed by atoms with Crippen LogP contribution in [0.15, 0.2) is 6.07 Å². The van der Waals surface area contributed by atoms with E-state index in [-0.39, 0.29) is 17.4 Å². The van der Waals surface area contributed by atoms with Crippen molar-refractivity contribution < 1.29 is 9.53 Å². The monoisotopic (exact) mass is 348 g/mol. The van der Waals surface area contributed by atoms with Gasteiger partial charge in [0.15, 0.2) is 0 Å². The fraction of sp³-hybridized carbons (Fsp3) is 0.737. The van der Waals surface area contributed by atoms with Crippen molar-refractivity contribution in [3.8, 4) is 0 Å². The first kappa shape index (κ1) is 19.6. The molecular formula is C19H32N4O2. The van der Waals surface area contributed by atoms with E-state index in [9.17, 15) is 4.79 Å². The number of rotatable bonds is 5. The van der Waals surface area contributed by atoms with E-state index in [1.807, 2.05) is 17.9 Å². The second kappa shape index (κ2) is 8.13. The third-order valence-electron chi connectivity index (χ3n) is 4.56. The molecule has 1 aliphatic rings. The average Bonchev–Trinajstić information content (AvgIpc) is 2.54. The Bertz CT molecular complexity index is 598. The zero-order valence-electron chi connectivity index (χ0n) is 16.4. The van der Waals surface area contributed by atoms with Gasteiger partial charge in [-0.05, 0) is 33.1 Å². The zero-order chi connectivity index (χ0) is 18.6. The lowest BCUT2D eigenvalue weighted by Crippen LogP contribution is -2.48. The summed E-state index contributed by atoms with van der Waals surface area (Å²) in [6, 6.07) is 1.85. The molecule has 0 saturated carbocycles. The van der Waals surface area contributed by atoms with Gasteiger partial charge in [-0.2, -0.15) is 0 Å². The Morgan fingerprint density at radius 1 is 1.40 bits per heavy atom. The van der Waals surface area contributed by atoms with Crippen LogP contribution in [0.2, 0.25) is 0 Å². The van der Waals surface area contributed by atoms with E-state index in [0.29, 0.717) is 18.5 Å². The van der Waals surface area contributed by atoms with Gasteiger partial charge in [0.2, 0.25) is 5.91 Å². The molecular weight excluding hydrogens is 316 g/mol. The number of hydrogen-bond donors (Lipinski definition) is 1. The van der Waals surface area contributed by atoms with Crippen LogP contribution in [0, 0.1) is 0 Å². The predicted molar refractivity (Wildman–Crippen MR) is 99.6 cm³/mol. The molecule has 1 fully saturated rings. The van der Waals surface area contributed by atoms with Crippen molar-refractivity contribution in [1.29, 1.82) is 0 Å². The Labute approximate surface area is 151 Å². The summed E-state index contributed by atoms with van der Waals surface area (Å²) in [5.74, 6) is 1.56. The smallest absolute Gasteiger partial charge is 0.245 e. The summed E-state index contributed by atoms with van der Waals surface area (Å²) < 4.78 is 5.22. The van der Waals surface area contributed by atoms with Crippen LogP contribution in [0.25, 0.3) is 0 Å². The number of ether oxygens (including phenoxy) is 1. The van der Waals surface area contributed by atoms with E-state index in [1.165, 1.54) is 6.42 Å². The first-order valence-electron chi connectivity index (χ1n) is 9.16. The van der Waals surface area contributed by atoms with Crippen LogP contribution in [0.1, 0.15) is 65.4 Å². The molecule has 2 unspecified atom stereocenters. The molecule has 0 spiro atoms. The Balaban J connectivity index is 2.17. The van der Waals surface area contributed by atoms with Gasteiger partial charge >= 0.3 is 0 Å². The second-order valence-corrected chi connectivity index (χ2v) is 7.99. The lowest BCUT2D eigenvalue weighted by Gasteiger charge is -2.35. The normalized spacial score (nSPS) is 19.6. The molecule has 1 aliphatic heterocycles. The first-order chi connectivity index (χ1) is 11.7. The second-order valence-electron chi connectivity index (χ2n) is 7.99. The van der Waals surface area contributed by atoms with Crippen LogP contribution in [0.5, 0.6) is 0 Å². The Hall–Kier alpha value is -1.69. The topological polar surface area (TPSA) is 67.3 Å². The number of aromatic nitrogens is 2. The van der Waals surface area contributed by atoms with Crippen molar-refractivity contribution in [2.75, 3.05) is 19.0 Å². The number of hydrogen-bond acceptors (Lipinski definition) is 5. The molecule has 0 aromatic carbocycles. The third-order valence-corrected chi connectivity index (χ3v) is 4.56. The van der Waals surface area contributed by atoms with E-state index < -0.39 is 0 Å². The number of piperidine rings is 1. The number of carbonyl (C=O) groups is 1. The molecule has 6 heteroatoms. The van der Waals surface area contributed by atoms with Crippen LogP contribution < -0.4 is 5.32 Å². The van der Waals surface area contributed by atoms with Crippen LogP contribution in [-0.2, 0) is 21.6 Å². The molecule has 2 rings (SSSR count). The molecule has 0 radical (unpaired) electrons. The van der Waals surface area contributed by atoms with Gasteiger partial charge < -0.3 is 15.0 Å². The number of amides is 1. The van der Waals surface area contributed by atoms with Crippen LogP contribution >= 0.6 is 0 Å². The molecule has 2 atom stereocenters. The Morgan fingerprint density at radius 2 is 2.12 bits per heavy atom. The highest BCUT2D eigenvalue weighted by molar-refractivity contribution is 5.84. The first-order valence-corrected chi connectivity index (χ1v) is 9.16. The largest absolute Gasteiger partial charge is 0.378 e. The highest BCUT2D eigenvalue weighted by atomic mass is 16.5. The molecule has 1 aromatic rings. The lowest BCUT2D eigenvalue weighted by atomic mass is 9.95. The lowest BCUT2D eigenvalue weighted by molar-refractivity contribution is -0.134. The van der Waals surface area contributed by atoms with Gasteiger partial charge in [0.25, 0.3) is 0 Å². The molecule has 1 N–H and O–H groups in total. The van der Waals surface area contributed by atoms with Gasteiger partial charge in [0.05, 0.1) is 12.3 Å². The number of methoxy groups -OCH3 is 1. The maximum Gasteiger partial charge on any atom is 0.245 e. The molecule has 25 heavy (non-hydrogen) atoms. The number of likely N-dealkylation sites (tertiary alicyclic amines) is 1. The average molecular weight is 348 g/mol. The molecule has 0 bridgehead atoms. The maximum atomic E-state index is 12.8. The van der Waals surface area contributed by atoms with Gasteiger partial charge in [-0.1, -0.05) is 20.8 Å². The van der Waals surface area contributed by atoms with Crippen molar-refractivity contribution in [1.82, 2.24) is 14.9 Å². The molecule has 0 aliphatic carbocycles. The van der Waals surface area contributed by atoms with Crippen molar-refractivity contribution in [3.05, 3.63) is 17.6 Å². The summed E-state index contributed by atoms with van der Waals surface area (Å²) in [6.45, 7) is 11.5. The minimum atomic E-state index is -0.321. The molecule has 1 saturated heterocycles. The molecule has 6 nitrogen and oxygen atoms in total. The van der Waals surface area contributed by atoms with Gasteiger partial charge in [-0.3, -0.25) is 4.79 Å². The van der Waals surface area contributed by atoms with Crippen LogP contribution in [0.3, 0.4) is 0 Å². The summed E-state index contributed by atoms with van der Waals surface area (Å²) >= 11 is 0. The molecule has 140 valence electrons. The van der Waals surface area contributed by atoms with E-state index >= 15 is 0 Å². The number of nitrogens with one attached hydrogen (secondary N) is 1. The fourth-order valence-corrected chi connectivity index (χ4v) is 3.09. The SMILES string of the molecule is COCc1cc(NC(C)C(=O)N2CCCCC2C)nc(C(C)(C)C)n1. The quantitative estimate of drug-likeness (QED) is 0.885. The summed E-state index contributed by atoms with van der Waals surface area (Å²) in [7, 11) is 1.65. The van der Waals surface area contributed by atoms with Gasteiger partial charge in [0, 0.05) is 31.2 Å². The Kier molecular flexibility index (Phi) is 6.38. The third kappa shape index (κ3) is 5.14. The van der Waals surface area contributed by atoms with Crippen LogP contribution in [-0.4, -0.2) is 46.5 Å². The van der Waals surface area contributed by atoms with Crippen molar-refractivity contribution in [2.45, 2.75) is 78.0 Å². The van der Waals surface area contributed by atoms with Crippen LogP contribution in [0.4, 0.5) is 5.82 Å². The standard InChI is InChI=1S/C19H32N4O2/c1-13-9-7-8-10-23(13)17(24)14(2)20-16-11-15(12-25-6)21-18(22-16)19(3,4)5/h11,13-14H,7-10,12H2,1-6H3,(H,20,21,22). The number of carbonyl (C=O) groups excluding carboxylic acids is 1. The van der Waals surface area contributed by atoms with Gasteiger partial charge in [0.1, 0.15) is 17.7 Å². The van der Waals surface area contributed by atoms with Gasteiger partial charge in [-0.25, -0.2) is 9.97 Å². The summed E-state index contributed by atoms with van der Waals surface area (Å²) in [5, 5.41) is 3.27. The number of anilines is 1. The van der Waals surface area contributed by atoms with E-state index in [0.717, 1.165) is 30.9 Å². The highest BCUT2D eigenvalue weighted by Crippen LogP contribution is 2.22. The molecule has 2 heterocycles. The predicted octanol–water partition coefficient (Wildman–Crippen LogP) is 3.12. The summed E-state index contributed by atoms with van der Waals surface area (Å²) in [5.41, 5.74) is 0.644. The summed E-state index contributed by atoms with van der Waals surface area (Å²) in [6.07, 6.45) is 3.37. The van der Waals surface area contributed by atoms with E-state index in [2.05, 4.69) is 43.0 Å². The van der Waals surface area contributed by atoms with Crippen molar-refractivity contribution in [3.63, 3.8) is 0 Å². The van der Waals surface area contributed by atoms with E-state index in [4.69, 9.17) is 4.74 Å². The fourth-order valence-electron chi connectivity index (χ4n) is 3.09. The molecule has 1 amide bonds. The Morgan fingerprint density at radius 3 is 2.72 bits per heavy atom. The zero-order valence-corrected chi connectivity index (χ0v) is 16.4. The minimum absolute atomic E-state index is 0.136. The van der Waals surface area contributed by atoms with E-state index in [1.54, 1.807) is 7.11 Å². The van der Waals surface area contributed by atoms with Crippen molar-refractivity contribution >= 4 is 11.7 Å². The summed E-state index contributed by atoms with van der Waals surface area (Å²) in [4.78, 5) is 24.0. The minimum Gasteiger partial charge on any atom is -0.378 e. The maximum absolute atomic E-state index is 12.8. The highest BCUT2D eigenvalue weighted by Gasteiger charge is 2.27. The van der Waals surface area contributed by atoms with Crippen molar-refractivity contribution in [2.24, 2.45) is 0 Å².